The Labute approximate surface area is 140 Å². The van der Waals surface area contributed by atoms with Crippen molar-refractivity contribution in [3.8, 4) is 5.75 Å². The molecule has 3 aromatic rings. The van der Waals surface area contributed by atoms with Crippen LogP contribution in [0, 0.1) is 0 Å². The van der Waals surface area contributed by atoms with Gasteiger partial charge >= 0.3 is 5.97 Å². The Hall–Kier alpha value is -2.88. The molecule has 0 bridgehead atoms. The third-order valence-corrected chi connectivity index (χ3v) is 3.83. The molecule has 0 saturated carbocycles. The number of rotatable bonds is 7. The first kappa shape index (κ1) is 16.0. The standard InChI is InChI=1S/C20H19NO3/c22-20(23)8-2-5-15-4-1-7-18(13-15)24-14-16-9-10-19-17(12-16)6-3-11-21-19/h1,3-4,6-7,9-13H,2,5,8,14H2,(H,22,23). The molecule has 0 aliphatic rings. The number of aryl methyl sites for hydroxylation is 1. The van der Waals surface area contributed by atoms with Crippen molar-refractivity contribution in [2.24, 2.45) is 0 Å². The zero-order chi connectivity index (χ0) is 16.8. The predicted molar refractivity (Wildman–Crippen MR) is 93.1 cm³/mol. The highest BCUT2D eigenvalue weighted by Crippen LogP contribution is 2.18. The topological polar surface area (TPSA) is 59.4 Å². The first-order chi connectivity index (χ1) is 11.7. The first-order valence-electron chi connectivity index (χ1n) is 7.98. The van der Waals surface area contributed by atoms with E-state index >= 15 is 0 Å². The van der Waals surface area contributed by atoms with Gasteiger partial charge in [0, 0.05) is 18.0 Å². The van der Waals surface area contributed by atoms with E-state index in [1.54, 1.807) is 6.20 Å². The molecule has 1 aromatic heterocycles. The molecule has 2 aromatic carbocycles. The highest BCUT2D eigenvalue weighted by Gasteiger charge is 2.02. The number of ether oxygens (including phenoxy) is 1. The SMILES string of the molecule is O=C(O)CCCc1cccc(OCc2ccc3ncccc3c2)c1. The molecule has 3 rings (SSSR count). The number of nitrogens with zero attached hydrogens (tertiary/aromatic N) is 1. The normalized spacial score (nSPS) is 10.7. The molecule has 0 atom stereocenters. The summed E-state index contributed by atoms with van der Waals surface area (Å²) in [5.74, 6) is 0.0438. The van der Waals surface area contributed by atoms with Gasteiger partial charge in [0.25, 0.3) is 0 Å². The van der Waals surface area contributed by atoms with Crippen molar-refractivity contribution in [2.75, 3.05) is 0 Å². The quantitative estimate of drug-likeness (QED) is 0.708. The Morgan fingerprint density at radius 1 is 1.04 bits per heavy atom. The fraction of sp³-hybridized carbons (Fsp3) is 0.200. The van der Waals surface area contributed by atoms with Gasteiger partial charge in [0.05, 0.1) is 5.52 Å². The zero-order valence-corrected chi connectivity index (χ0v) is 13.3. The molecule has 122 valence electrons. The van der Waals surface area contributed by atoms with Gasteiger partial charge in [-0.05, 0) is 54.3 Å². The molecule has 0 aliphatic heterocycles. The summed E-state index contributed by atoms with van der Waals surface area (Å²) in [5, 5.41) is 9.80. The van der Waals surface area contributed by atoms with E-state index in [4.69, 9.17) is 9.84 Å². The van der Waals surface area contributed by atoms with Crippen LogP contribution in [-0.4, -0.2) is 16.1 Å². The fourth-order valence-corrected chi connectivity index (χ4v) is 2.62. The van der Waals surface area contributed by atoms with Crippen molar-refractivity contribution in [2.45, 2.75) is 25.9 Å². The number of benzene rings is 2. The lowest BCUT2D eigenvalue weighted by Crippen LogP contribution is -1.98. The van der Waals surface area contributed by atoms with Crippen LogP contribution in [0.1, 0.15) is 24.0 Å². The number of pyridine rings is 1. The van der Waals surface area contributed by atoms with E-state index in [0.717, 1.165) is 34.2 Å². The van der Waals surface area contributed by atoms with Crippen molar-refractivity contribution in [3.05, 3.63) is 71.9 Å². The van der Waals surface area contributed by atoms with E-state index in [1.807, 2.05) is 48.5 Å². The van der Waals surface area contributed by atoms with Crippen LogP contribution >= 0.6 is 0 Å². The van der Waals surface area contributed by atoms with Gasteiger partial charge in [-0.2, -0.15) is 0 Å². The Kier molecular flexibility index (Phi) is 5.06. The minimum absolute atomic E-state index is 0.191. The van der Waals surface area contributed by atoms with Crippen LogP contribution in [0.4, 0.5) is 0 Å². The summed E-state index contributed by atoms with van der Waals surface area (Å²) in [5.41, 5.74) is 3.16. The second-order valence-electron chi connectivity index (χ2n) is 5.71. The first-order valence-corrected chi connectivity index (χ1v) is 7.98. The molecule has 1 heterocycles. The van der Waals surface area contributed by atoms with Crippen molar-refractivity contribution < 1.29 is 14.6 Å². The number of carboxylic acids is 1. The zero-order valence-electron chi connectivity index (χ0n) is 13.3. The van der Waals surface area contributed by atoms with Crippen molar-refractivity contribution in [3.63, 3.8) is 0 Å². The molecule has 0 aliphatic carbocycles. The maximum atomic E-state index is 10.6. The molecule has 0 unspecified atom stereocenters. The minimum Gasteiger partial charge on any atom is -0.489 e. The van der Waals surface area contributed by atoms with E-state index in [0.29, 0.717) is 13.0 Å². The molecular formula is C20H19NO3. The molecule has 0 spiro atoms. The van der Waals surface area contributed by atoms with E-state index in [2.05, 4.69) is 11.1 Å². The van der Waals surface area contributed by atoms with Gasteiger partial charge in [-0.15, -0.1) is 0 Å². The van der Waals surface area contributed by atoms with E-state index in [9.17, 15) is 4.79 Å². The van der Waals surface area contributed by atoms with Crippen molar-refractivity contribution in [1.82, 2.24) is 4.98 Å². The van der Waals surface area contributed by atoms with Crippen LogP contribution in [0.5, 0.6) is 5.75 Å². The van der Waals surface area contributed by atoms with Crippen LogP contribution in [-0.2, 0) is 17.8 Å². The Balaban J connectivity index is 1.61. The summed E-state index contributed by atoms with van der Waals surface area (Å²) in [6, 6.07) is 17.9. The Morgan fingerprint density at radius 2 is 1.96 bits per heavy atom. The average Bonchev–Trinajstić information content (AvgIpc) is 2.60. The van der Waals surface area contributed by atoms with Gasteiger partial charge < -0.3 is 9.84 Å². The van der Waals surface area contributed by atoms with Gasteiger partial charge in [0.1, 0.15) is 12.4 Å². The molecule has 0 fully saturated rings. The molecule has 4 nitrogen and oxygen atoms in total. The van der Waals surface area contributed by atoms with Crippen LogP contribution in [0.15, 0.2) is 60.8 Å². The molecule has 0 amide bonds. The van der Waals surface area contributed by atoms with Crippen LogP contribution in [0.2, 0.25) is 0 Å². The minimum atomic E-state index is -0.756. The number of hydrogen-bond donors (Lipinski definition) is 1. The summed E-state index contributed by atoms with van der Waals surface area (Å²) < 4.78 is 5.87. The lowest BCUT2D eigenvalue weighted by Gasteiger charge is -2.09. The van der Waals surface area contributed by atoms with Crippen LogP contribution < -0.4 is 4.74 Å². The van der Waals surface area contributed by atoms with Crippen LogP contribution in [0.3, 0.4) is 0 Å². The molecule has 24 heavy (non-hydrogen) atoms. The van der Waals surface area contributed by atoms with Gasteiger partial charge in [-0.25, -0.2) is 0 Å². The predicted octanol–water partition coefficient (Wildman–Crippen LogP) is 4.22. The largest absolute Gasteiger partial charge is 0.489 e. The average molecular weight is 321 g/mol. The van der Waals surface area contributed by atoms with Gasteiger partial charge in [-0.1, -0.05) is 24.3 Å². The Morgan fingerprint density at radius 3 is 2.83 bits per heavy atom. The number of aromatic nitrogens is 1. The van der Waals surface area contributed by atoms with Crippen molar-refractivity contribution >= 4 is 16.9 Å². The van der Waals surface area contributed by atoms with E-state index in [1.165, 1.54) is 0 Å². The number of carboxylic acid groups (broad SMARTS) is 1. The Bertz CT molecular complexity index is 845. The summed E-state index contributed by atoms with van der Waals surface area (Å²) >= 11 is 0. The molecule has 0 saturated heterocycles. The second-order valence-corrected chi connectivity index (χ2v) is 5.71. The summed E-state index contributed by atoms with van der Waals surface area (Å²) in [6.07, 6.45) is 3.35. The lowest BCUT2D eigenvalue weighted by molar-refractivity contribution is -0.137. The number of hydrogen-bond acceptors (Lipinski definition) is 3. The van der Waals surface area contributed by atoms with Gasteiger partial charge in [-0.3, -0.25) is 9.78 Å². The van der Waals surface area contributed by atoms with Gasteiger partial charge in [0.2, 0.25) is 0 Å². The molecule has 4 heteroatoms. The monoisotopic (exact) mass is 321 g/mol. The van der Waals surface area contributed by atoms with E-state index < -0.39 is 5.97 Å². The number of aliphatic carboxylic acids is 1. The maximum Gasteiger partial charge on any atom is 0.303 e. The molecule has 1 N–H and O–H groups in total. The van der Waals surface area contributed by atoms with Gasteiger partial charge in [0.15, 0.2) is 0 Å². The maximum absolute atomic E-state index is 10.6. The summed E-state index contributed by atoms with van der Waals surface area (Å²) in [6.45, 7) is 0.489. The third-order valence-electron chi connectivity index (χ3n) is 3.83. The molecule has 0 radical (unpaired) electrons. The van der Waals surface area contributed by atoms with E-state index in [-0.39, 0.29) is 6.42 Å². The number of fused-ring (bicyclic) bond motifs is 1. The fourth-order valence-electron chi connectivity index (χ4n) is 2.62. The number of carbonyl (C=O) groups is 1. The molecular weight excluding hydrogens is 302 g/mol. The smallest absolute Gasteiger partial charge is 0.303 e. The summed E-state index contributed by atoms with van der Waals surface area (Å²) in [7, 11) is 0. The highest BCUT2D eigenvalue weighted by molar-refractivity contribution is 5.78. The summed E-state index contributed by atoms with van der Waals surface area (Å²) in [4.78, 5) is 14.9. The highest BCUT2D eigenvalue weighted by atomic mass is 16.5. The second kappa shape index (κ2) is 7.59. The lowest BCUT2D eigenvalue weighted by atomic mass is 10.1. The van der Waals surface area contributed by atoms with Crippen molar-refractivity contribution in [1.29, 1.82) is 0 Å². The van der Waals surface area contributed by atoms with Crippen LogP contribution in [0.25, 0.3) is 10.9 Å². The third kappa shape index (κ3) is 4.32.